The van der Waals surface area contributed by atoms with Gasteiger partial charge in [0.25, 0.3) is 0 Å². The Bertz CT molecular complexity index is 833. The summed E-state index contributed by atoms with van der Waals surface area (Å²) in [7, 11) is 0. The second kappa shape index (κ2) is 5.27. The number of benzene rings is 1. The van der Waals surface area contributed by atoms with Crippen LogP contribution in [0.4, 0.5) is 22.0 Å². The van der Waals surface area contributed by atoms with Crippen LogP contribution < -0.4 is 5.32 Å². The molecule has 0 bridgehead atoms. The Hall–Kier alpha value is -2.45. The zero-order valence-electron chi connectivity index (χ0n) is 12.6. The van der Waals surface area contributed by atoms with Gasteiger partial charge in [-0.05, 0) is 30.9 Å². The average molecular weight is 357 g/mol. The summed E-state index contributed by atoms with van der Waals surface area (Å²) in [6, 6.07) is 1.14. The Morgan fingerprint density at radius 3 is 2.28 bits per heavy atom. The molecule has 1 aromatic carbocycles. The first-order chi connectivity index (χ1) is 11.8. The molecule has 2 aliphatic rings. The molecule has 4 rings (SSSR count). The van der Waals surface area contributed by atoms with Crippen molar-refractivity contribution in [3.8, 4) is 5.69 Å². The van der Waals surface area contributed by atoms with E-state index in [0.717, 1.165) is 35.9 Å². The Labute approximate surface area is 138 Å². The molecule has 2 aromatic rings. The van der Waals surface area contributed by atoms with Gasteiger partial charge in [0, 0.05) is 11.8 Å². The number of carbonyl (C=O) groups is 1. The quantitative estimate of drug-likeness (QED) is 0.676. The van der Waals surface area contributed by atoms with Crippen molar-refractivity contribution >= 4 is 5.91 Å². The van der Waals surface area contributed by atoms with Crippen LogP contribution in [-0.2, 0) is 11.0 Å². The third-order valence-corrected chi connectivity index (χ3v) is 4.64. The van der Waals surface area contributed by atoms with Gasteiger partial charge in [0.1, 0.15) is 11.6 Å². The summed E-state index contributed by atoms with van der Waals surface area (Å²) in [6.07, 6.45) is -1.44. The third kappa shape index (κ3) is 2.67. The lowest BCUT2D eigenvalue weighted by Crippen LogP contribution is -2.53. The molecule has 2 heterocycles. The highest BCUT2D eigenvalue weighted by molar-refractivity contribution is 5.87. The van der Waals surface area contributed by atoms with Gasteiger partial charge >= 0.3 is 6.18 Å². The molecule has 4 nitrogen and oxygen atoms in total. The smallest absolute Gasteiger partial charge is 0.348 e. The number of hydrogen-bond donors (Lipinski definition) is 1. The van der Waals surface area contributed by atoms with Crippen molar-refractivity contribution in [2.45, 2.75) is 25.1 Å². The summed E-state index contributed by atoms with van der Waals surface area (Å²) in [5, 5.41) is 2.51. The van der Waals surface area contributed by atoms with Crippen molar-refractivity contribution in [2.24, 2.45) is 11.8 Å². The number of imidazole rings is 1. The van der Waals surface area contributed by atoms with Gasteiger partial charge in [-0.15, -0.1) is 0 Å². The van der Waals surface area contributed by atoms with Crippen molar-refractivity contribution in [3.63, 3.8) is 0 Å². The molecule has 1 saturated carbocycles. The number of alkyl halides is 3. The van der Waals surface area contributed by atoms with Crippen LogP contribution in [0.25, 0.3) is 5.69 Å². The van der Waals surface area contributed by atoms with Crippen molar-refractivity contribution in [1.82, 2.24) is 14.9 Å². The summed E-state index contributed by atoms with van der Waals surface area (Å²) < 4.78 is 67.6. The van der Waals surface area contributed by atoms with Crippen molar-refractivity contribution < 1.29 is 26.7 Å². The molecule has 0 spiro atoms. The number of nitrogens with zero attached hydrogens (tertiary/aromatic N) is 2. The molecule has 1 aliphatic carbocycles. The Morgan fingerprint density at radius 2 is 1.80 bits per heavy atom. The van der Waals surface area contributed by atoms with E-state index in [0.29, 0.717) is 6.20 Å². The largest absolute Gasteiger partial charge is 0.434 e. The van der Waals surface area contributed by atoms with Gasteiger partial charge in [0.05, 0.1) is 24.0 Å². The molecule has 1 N–H and O–H groups in total. The predicted molar refractivity (Wildman–Crippen MR) is 75.6 cm³/mol. The lowest BCUT2D eigenvalue weighted by Gasteiger charge is -2.37. The van der Waals surface area contributed by atoms with Crippen LogP contribution in [0.15, 0.2) is 24.7 Å². The predicted octanol–water partition coefficient (Wildman–Crippen LogP) is 3.37. The number of aromatic nitrogens is 2. The fourth-order valence-electron chi connectivity index (χ4n) is 3.22. The minimum atomic E-state index is -4.64. The lowest BCUT2D eigenvalue weighted by atomic mass is 9.81. The van der Waals surface area contributed by atoms with E-state index < -0.39 is 35.5 Å². The van der Waals surface area contributed by atoms with Gasteiger partial charge in [0.2, 0.25) is 5.91 Å². The SMILES string of the molecule is O=C1N[C@@H](c2c(F)cc(-n3cnc(C(F)(F)F)c3)cc2F)[C@H]1C1CC1. The van der Waals surface area contributed by atoms with E-state index in [-0.39, 0.29) is 23.1 Å². The van der Waals surface area contributed by atoms with Gasteiger partial charge in [-0.25, -0.2) is 13.8 Å². The van der Waals surface area contributed by atoms with E-state index in [2.05, 4.69) is 10.3 Å². The number of carbonyl (C=O) groups excluding carboxylic acids is 1. The maximum absolute atomic E-state index is 14.4. The maximum Gasteiger partial charge on any atom is 0.434 e. The first-order valence-electron chi connectivity index (χ1n) is 7.66. The topological polar surface area (TPSA) is 46.9 Å². The zero-order chi connectivity index (χ0) is 17.9. The number of amides is 1. The normalized spacial score (nSPS) is 23.3. The summed E-state index contributed by atoms with van der Waals surface area (Å²) >= 11 is 0. The second-order valence-corrected chi connectivity index (χ2v) is 6.34. The van der Waals surface area contributed by atoms with Crippen LogP contribution in [0, 0.1) is 23.5 Å². The van der Waals surface area contributed by atoms with E-state index in [1.807, 2.05) is 0 Å². The first-order valence-corrected chi connectivity index (χ1v) is 7.66. The van der Waals surface area contributed by atoms with Crippen molar-refractivity contribution in [3.05, 3.63) is 47.5 Å². The number of hydrogen-bond acceptors (Lipinski definition) is 2. The monoisotopic (exact) mass is 357 g/mol. The van der Waals surface area contributed by atoms with Gasteiger partial charge in [0.15, 0.2) is 5.69 Å². The number of β-lactam (4-membered cyclic amide) rings is 1. The molecule has 132 valence electrons. The molecular weight excluding hydrogens is 345 g/mol. The number of rotatable bonds is 3. The van der Waals surface area contributed by atoms with E-state index in [4.69, 9.17) is 0 Å². The van der Waals surface area contributed by atoms with Crippen LogP contribution in [0.3, 0.4) is 0 Å². The maximum atomic E-state index is 14.4. The molecule has 0 radical (unpaired) electrons. The summed E-state index contributed by atoms with van der Waals surface area (Å²) in [4.78, 5) is 14.8. The molecule has 1 saturated heterocycles. The fraction of sp³-hybridized carbons (Fsp3) is 0.375. The van der Waals surface area contributed by atoms with Crippen LogP contribution in [-0.4, -0.2) is 15.5 Å². The molecule has 25 heavy (non-hydrogen) atoms. The molecule has 1 aliphatic heterocycles. The minimum Gasteiger partial charge on any atom is -0.348 e. The van der Waals surface area contributed by atoms with Gasteiger partial charge in [-0.3, -0.25) is 4.79 Å². The first kappa shape index (κ1) is 16.0. The van der Waals surface area contributed by atoms with Crippen LogP contribution >= 0.6 is 0 Å². The summed E-state index contributed by atoms with van der Waals surface area (Å²) in [5.74, 6) is -2.35. The Morgan fingerprint density at radius 1 is 1.16 bits per heavy atom. The minimum absolute atomic E-state index is 0.115. The highest BCUT2D eigenvalue weighted by atomic mass is 19.4. The van der Waals surface area contributed by atoms with E-state index in [1.165, 1.54) is 0 Å². The number of halogens is 5. The van der Waals surface area contributed by atoms with Crippen LogP contribution in [0.2, 0.25) is 0 Å². The zero-order valence-corrected chi connectivity index (χ0v) is 12.6. The molecule has 9 heteroatoms. The van der Waals surface area contributed by atoms with E-state index in [1.54, 1.807) is 0 Å². The lowest BCUT2D eigenvalue weighted by molar-refractivity contribution is -0.141. The average Bonchev–Trinajstić information content (AvgIpc) is 3.16. The van der Waals surface area contributed by atoms with Gasteiger partial charge in [-0.1, -0.05) is 0 Å². The second-order valence-electron chi connectivity index (χ2n) is 6.34. The van der Waals surface area contributed by atoms with E-state index in [9.17, 15) is 26.7 Å². The van der Waals surface area contributed by atoms with Gasteiger partial charge in [-0.2, -0.15) is 13.2 Å². The molecule has 0 unspecified atom stereocenters. The van der Waals surface area contributed by atoms with Crippen LogP contribution in [0.1, 0.15) is 30.1 Å². The molecule has 1 amide bonds. The van der Waals surface area contributed by atoms with Crippen molar-refractivity contribution in [1.29, 1.82) is 0 Å². The Balaban J connectivity index is 1.67. The third-order valence-electron chi connectivity index (χ3n) is 4.64. The summed E-state index contributed by atoms with van der Waals surface area (Å²) in [5.41, 5.74) is -1.52. The molecule has 2 atom stereocenters. The molecular formula is C16H12F5N3O. The highest BCUT2D eigenvalue weighted by Crippen LogP contribution is 2.48. The fourth-order valence-corrected chi connectivity index (χ4v) is 3.22. The van der Waals surface area contributed by atoms with E-state index >= 15 is 0 Å². The highest BCUT2D eigenvalue weighted by Gasteiger charge is 2.50. The molecule has 1 aromatic heterocycles. The summed E-state index contributed by atoms with van der Waals surface area (Å²) in [6.45, 7) is 0. The van der Waals surface area contributed by atoms with Gasteiger partial charge < -0.3 is 9.88 Å². The molecule has 2 fully saturated rings. The number of nitrogens with one attached hydrogen (secondary N) is 1. The standard InChI is InChI=1S/C16H12F5N3O/c17-9-3-8(24-5-11(22-6-24)16(19,20)21)4-10(18)13(9)14-12(7-1-2-7)15(25)23-14/h3-7,12,14H,1-2H2,(H,23,25)/t12-,14-/m1/s1. The van der Waals surface area contributed by atoms with Crippen molar-refractivity contribution in [2.75, 3.05) is 0 Å². The van der Waals surface area contributed by atoms with Crippen LogP contribution in [0.5, 0.6) is 0 Å². The Kier molecular flexibility index (Phi) is 3.38.